The monoisotopic (exact) mass is 288 g/mol. The van der Waals surface area contributed by atoms with Crippen molar-refractivity contribution >= 4 is 23.0 Å². The summed E-state index contributed by atoms with van der Waals surface area (Å²) < 4.78 is 5.77. The molecule has 0 unspecified atom stereocenters. The van der Waals surface area contributed by atoms with Crippen LogP contribution in [0.5, 0.6) is 0 Å². The van der Waals surface area contributed by atoms with Gasteiger partial charge in [0.2, 0.25) is 5.91 Å². The average molecular weight is 288 g/mol. The van der Waals surface area contributed by atoms with Crippen molar-refractivity contribution in [1.82, 2.24) is 15.2 Å². The molecule has 0 atom stereocenters. The molecule has 6 nitrogen and oxygen atoms in total. The summed E-state index contributed by atoms with van der Waals surface area (Å²) in [6.07, 6.45) is 0.555. The zero-order valence-electron chi connectivity index (χ0n) is 12.2. The van der Waals surface area contributed by atoms with Gasteiger partial charge in [0.25, 0.3) is 6.01 Å². The second-order valence-corrected chi connectivity index (χ2v) is 5.19. The van der Waals surface area contributed by atoms with Crippen LogP contribution in [0.2, 0.25) is 0 Å². The summed E-state index contributed by atoms with van der Waals surface area (Å²) in [5.74, 6) is 0.210. The molecule has 0 aliphatic carbocycles. The van der Waals surface area contributed by atoms with Gasteiger partial charge in [-0.15, -0.1) is 0 Å². The number of hydrogen-bond donors (Lipinski definition) is 1. The molecule has 0 radical (unpaired) electrons. The predicted molar refractivity (Wildman–Crippen MR) is 81.3 cm³/mol. The number of oxazole rings is 1. The van der Waals surface area contributed by atoms with Gasteiger partial charge in [0, 0.05) is 39.1 Å². The maximum Gasteiger partial charge on any atom is 0.298 e. The smallest absolute Gasteiger partial charge is 0.298 e. The molecule has 1 aliphatic heterocycles. The Bertz CT molecular complexity index is 584. The summed E-state index contributed by atoms with van der Waals surface area (Å²) in [6.45, 7) is 3.70. The lowest BCUT2D eigenvalue weighted by Gasteiger charge is -2.33. The number of nitrogens with zero attached hydrogens (tertiary/aromatic N) is 3. The van der Waals surface area contributed by atoms with E-state index in [4.69, 9.17) is 4.42 Å². The fourth-order valence-corrected chi connectivity index (χ4v) is 2.53. The molecule has 0 bridgehead atoms. The molecule has 1 aromatic carbocycles. The first-order chi connectivity index (χ1) is 10.3. The van der Waals surface area contributed by atoms with E-state index in [1.54, 1.807) is 0 Å². The minimum Gasteiger partial charge on any atom is -0.423 e. The second kappa shape index (κ2) is 6.13. The van der Waals surface area contributed by atoms with Crippen molar-refractivity contribution in [2.75, 3.05) is 44.7 Å². The molecule has 21 heavy (non-hydrogen) atoms. The van der Waals surface area contributed by atoms with E-state index in [2.05, 4.69) is 15.2 Å². The van der Waals surface area contributed by atoms with Gasteiger partial charge < -0.3 is 19.5 Å². The third-order valence-corrected chi connectivity index (χ3v) is 3.77. The van der Waals surface area contributed by atoms with Crippen LogP contribution in [0.3, 0.4) is 0 Å². The highest BCUT2D eigenvalue weighted by atomic mass is 16.4. The summed E-state index contributed by atoms with van der Waals surface area (Å²) >= 11 is 0. The lowest BCUT2D eigenvalue weighted by molar-refractivity contribution is -0.131. The zero-order chi connectivity index (χ0) is 14.7. The third kappa shape index (κ3) is 3.00. The number of carbonyl (C=O) groups is 1. The number of amides is 1. The highest BCUT2D eigenvalue weighted by Crippen LogP contribution is 2.22. The van der Waals surface area contributed by atoms with Gasteiger partial charge in [0.1, 0.15) is 5.52 Å². The van der Waals surface area contributed by atoms with E-state index in [1.165, 1.54) is 0 Å². The van der Waals surface area contributed by atoms with Crippen LogP contribution in [-0.2, 0) is 4.79 Å². The molecule has 1 fully saturated rings. The zero-order valence-corrected chi connectivity index (χ0v) is 12.2. The summed E-state index contributed by atoms with van der Waals surface area (Å²) in [5.41, 5.74) is 1.68. The number of fused-ring (bicyclic) bond motifs is 1. The Morgan fingerprint density at radius 2 is 2.05 bits per heavy atom. The first-order valence-corrected chi connectivity index (χ1v) is 7.31. The third-order valence-electron chi connectivity index (χ3n) is 3.77. The van der Waals surface area contributed by atoms with Crippen molar-refractivity contribution in [3.63, 3.8) is 0 Å². The number of piperazine rings is 1. The first-order valence-electron chi connectivity index (χ1n) is 7.31. The number of carbonyl (C=O) groups excluding carboxylic acids is 1. The Morgan fingerprint density at radius 1 is 1.29 bits per heavy atom. The van der Waals surface area contributed by atoms with Gasteiger partial charge in [0.05, 0.1) is 0 Å². The molecule has 6 heteroatoms. The number of nitrogens with one attached hydrogen (secondary N) is 1. The topological polar surface area (TPSA) is 61.6 Å². The van der Waals surface area contributed by atoms with E-state index in [0.717, 1.165) is 43.8 Å². The Labute approximate surface area is 123 Å². The van der Waals surface area contributed by atoms with E-state index in [-0.39, 0.29) is 5.91 Å². The predicted octanol–water partition coefficient (Wildman–Crippen LogP) is 1.09. The van der Waals surface area contributed by atoms with Gasteiger partial charge in [-0.25, -0.2) is 0 Å². The molecule has 1 aliphatic rings. The largest absolute Gasteiger partial charge is 0.423 e. The summed E-state index contributed by atoms with van der Waals surface area (Å²) in [5, 5.41) is 3.00. The highest BCUT2D eigenvalue weighted by molar-refractivity contribution is 5.77. The lowest BCUT2D eigenvalue weighted by atomic mass is 10.3. The number of anilines is 1. The van der Waals surface area contributed by atoms with E-state index in [0.29, 0.717) is 12.4 Å². The van der Waals surface area contributed by atoms with E-state index >= 15 is 0 Å². The van der Waals surface area contributed by atoms with Crippen molar-refractivity contribution in [3.8, 4) is 0 Å². The fraction of sp³-hybridized carbons (Fsp3) is 0.467. The van der Waals surface area contributed by atoms with Crippen molar-refractivity contribution in [2.45, 2.75) is 6.42 Å². The van der Waals surface area contributed by atoms with Crippen molar-refractivity contribution in [1.29, 1.82) is 0 Å². The highest BCUT2D eigenvalue weighted by Gasteiger charge is 2.23. The number of hydrogen-bond acceptors (Lipinski definition) is 5. The molecule has 3 rings (SSSR count). The SMILES string of the molecule is CNCCC(=O)N1CCN(c2nc3ccccc3o2)CC1. The van der Waals surface area contributed by atoms with Gasteiger partial charge in [0.15, 0.2) is 5.58 Å². The molecule has 1 amide bonds. The molecule has 1 N–H and O–H groups in total. The quantitative estimate of drug-likeness (QED) is 0.912. The van der Waals surface area contributed by atoms with Crippen LogP contribution >= 0.6 is 0 Å². The summed E-state index contributed by atoms with van der Waals surface area (Å²) in [7, 11) is 1.86. The van der Waals surface area contributed by atoms with Crippen molar-refractivity contribution in [3.05, 3.63) is 24.3 Å². The van der Waals surface area contributed by atoms with E-state index in [1.807, 2.05) is 36.2 Å². The van der Waals surface area contributed by atoms with Crippen molar-refractivity contribution < 1.29 is 9.21 Å². The molecule has 1 saturated heterocycles. The maximum absolute atomic E-state index is 12.0. The maximum atomic E-state index is 12.0. The standard InChI is InChI=1S/C15H20N4O2/c1-16-7-6-14(20)18-8-10-19(11-9-18)15-17-12-4-2-3-5-13(12)21-15/h2-5,16H,6-11H2,1H3. The van der Waals surface area contributed by atoms with E-state index in [9.17, 15) is 4.79 Å². The Morgan fingerprint density at radius 3 is 2.76 bits per heavy atom. The number of para-hydroxylation sites is 2. The summed E-state index contributed by atoms with van der Waals surface area (Å²) in [6, 6.07) is 8.41. The Balaban J connectivity index is 1.61. The molecule has 0 saturated carbocycles. The van der Waals surface area contributed by atoms with Crippen molar-refractivity contribution in [2.24, 2.45) is 0 Å². The number of aromatic nitrogens is 1. The van der Waals surface area contributed by atoms with Crippen LogP contribution in [0.4, 0.5) is 6.01 Å². The van der Waals surface area contributed by atoms with Crippen LogP contribution in [0.15, 0.2) is 28.7 Å². The molecule has 2 heterocycles. The van der Waals surface area contributed by atoms with Gasteiger partial charge >= 0.3 is 0 Å². The Hall–Kier alpha value is -2.08. The van der Waals surface area contributed by atoms with Crippen LogP contribution in [0.25, 0.3) is 11.1 Å². The second-order valence-electron chi connectivity index (χ2n) is 5.19. The van der Waals surface area contributed by atoms with Gasteiger partial charge in [-0.2, -0.15) is 4.98 Å². The molecule has 0 spiro atoms. The molecule has 1 aromatic heterocycles. The lowest BCUT2D eigenvalue weighted by Crippen LogP contribution is -2.49. The van der Waals surface area contributed by atoms with Crippen LogP contribution in [0.1, 0.15) is 6.42 Å². The van der Waals surface area contributed by atoms with Crippen LogP contribution in [-0.4, -0.2) is 55.6 Å². The Kier molecular flexibility index (Phi) is 4.06. The van der Waals surface area contributed by atoms with Gasteiger partial charge in [-0.1, -0.05) is 12.1 Å². The first kappa shape index (κ1) is 13.9. The average Bonchev–Trinajstić information content (AvgIpc) is 2.96. The molecule has 2 aromatic rings. The van der Waals surface area contributed by atoms with Crippen LogP contribution in [0, 0.1) is 0 Å². The number of rotatable bonds is 4. The molecular weight excluding hydrogens is 268 g/mol. The van der Waals surface area contributed by atoms with Gasteiger partial charge in [-0.05, 0) is 19.2 Å². The van der Waals surface area contributed by atoms with Crippen LogP contribution < -0.4 is 10.2 Å². The number of benzene rings is 1. The minimum atomic E-state index is 0.210. The molecule has 112 valence electrons. The molecular formula is C15H20N4O2. The van der Waals surface area contributed by atoms with Gasteiger partial charge in [-0.3, -0.25) is 4.79 Å². The fourth-order valence-electron chi connectivity index (χ4n) is 2.53. The minimum absolute atomic E-state index is 0.210. The van der Waals surface area contributed by atoms with E-state index < -0.39 is 0 Å². The summed E-state index contributed by atoms with van der Waals surface area (Å²) in [4.78, 5) is 20.5. The normalized spacial score (nSPS) is 15.7.